The van der Waals surface area contributed by atoms with Gasteiger partial charge in [0.15, 0.2) is 0 Å². The molecule has 0 spiro atoms. The second-order valence-electron chi connectivity index (χ2n) is 6.06. The van der Waals surface area contributed by atoms with Gasteiger partial charge in [-0.15, -0.1) is 0 Å². The number of halogens is 1. The van der Waals surface area contributed by atoms with Crippen LogP contribution in [-0.2, 0) is 12.8 Å². The Morgan fingerprint density at radius 1 is 1.30 bits per heavy atom. The van der Waals surface area contributed by atoms with E-state index in [1.54, 1.807) is 6.20 Å². The van der Waals surface area contributed by atoms with E-state index in [0.29, 0.717) is 17.8 Å². The Morgan fingerprint density at radius 3 is 2.87 bits per heavy atom. The average Bonchev–Trinajstić information content (AvgIpc) is 2.99. The van der Waals surface area contributed by atoms with Gasteiger partial charge >= 0.3 is 0 Å². The molecule has 3 heterocycles. The van der Waals surface area contributed by atoms with Crippen LogP contribution in [0.1, 0.15) is 24.0 Å². The van der Waals surface area contributed by atoms with Crippen LogP contribution in [0.4, 0.5) is 0 Å². The van der Waals surface area contributed by atoms with E-state index < -0.39 is 0 Å². The van der Waals surface area contributed by atoms with E-state index in [9.17, 15) is 0 Å². The van der Waals surface area contributed by atoms with E-state index in [1.807, 2.05) is 30.6 Å². The van der Waals surface area contributed by atoms with Crippen molar-refractivity contribution in [3.8, 4) is 5.75 Å². The van der Waals surface area contributed by atoms with Crippen molar-refractivity contribution in [2.45, 2.75) is 31.7 Å². The van der Waals surface area contributed by atoms with E-state index in [2.05, 4.69) is 21.9 Å². The van der Waals surface area contributed by atoms with Crippen molar-refractivity contribution >= 4 is 11.6 Å². The summed E-state index contributed by atoms with van der Waals surface area (Å²) in [5.74, 6) is 0.805. The Balaban J connectivity index is 1.59. The molecule has 0 N–H and O–H groups in total. The molecule has 1 fully saturated rings. The number of pyridine rings is 2. The number of hydrogen-bond acceptors (Lipinski definition) is 4. The molecule has 0 radical (unpaired) electrons. The third kappa shape index (κ3) is 4.43. The summed E-state index contributed by atoms with van der Waals surface area (Å²) in [6.45, 7) is 1.87. The molecule has 2 aromatic rings. The number of nitrogens with zero attached hydrogens (tertiary/aromatic N) is 3. The maximum absolute atomic E-state index is 6.23. The molecule has 0 saturated carbocycles. The number of rotatable bonds is 6. The Hall–Kier alpha value is -1.65. The first-order valence-electron chi connectivity index (χ1n) is 8.09. The second-order valence-corrected chi connectivity index (χ2v) is 6.42. The molecule has 1 aliphatic rings. The summed E-state index contributed by atoms with van der Waals surface area (Å²) in [6, 6.07) is 6.58. The van der Waals surface area contributed by atoms with Gasteiger partial charge in [0.05, 0.1) is 6.20 Å². The monoisotopic (exact) mass is 331 g/mol. The molecule has 4 nitrogen and oxygen atoms in total. The topological polar surface area (TPSA) is 38.2 Å². The number of aryl methyl sites for hydroxylation is 2. The molecule has 3 rings (SSSR count). The van der Waals surface area contributed by atoms with E-state index >= 15 is 0 Å². The standard InChI is InChI=1S/C18H22ClN3O/c1-22-10-2-3-16(22)13-23-17-11-15(18(19)21-12-17)5-4-14-6-8-20-9-7-14/h6-9,11-12,16H,2-5,10,13H2,1H3. The molecule has 1 atom stereocenters. The number of hydrogen-bond donors (Lipinski definition) is 0. The predicted molar refractivity (Wildman–Crippen MR) is 92.0 cm³/mol. The van der Waals surface area contributed by atoms with Crippen LogP contribution in [0.15, 0.2) is 36.8 Å². The van der Waals surface area contributed by atoms with Gasteiger partial charge in [0.1, 0.15) is 17.5 Å². The van der Waals surface area contributed by atoms with Crippen molar-refractivity contribution in [2.24, 2.45) is 0 Å². The lowest BCUT2D eigenvalue weighted by atomic mass is 10.1. The quantitative estimate of drug-likeness (QED) is 0.760. The van der Waals surface area contributed by atoms with Gasteiger partial charge in [-0.05, 0) is 68.6 Å². The van der Waals surface area contributed by atoms with Gasteiger partial charge in [0, 0.05) is 18.4 Å². The molecule has 0 aliphatic carbocycles. The minimum Gasteiger partial charge on any atom is -0.490 e. The fourth-order valence-electron chi connectivity index (χ4n) is 2.94. The van der Waals surface area contributed by atoms with Crippen LogP contribution in [0.25, 0.3) is 0 Å². The van der Waals surface area contributed by atoms with Crippen molar-refractivity contribution < 1.29 is 4.74 Å². The molecular weight excluding hydrogens is 310 g/mol. The lowest BCUT2D eigenvalue weighted by Gasteiger charge is -2.19. The normalized spacial score (nSPS) is 18.3. The Kier molecular flexibility index (Phi) is 5.47. The van der Waals surface area contributed by atoms with Crippen molar-refractivity contribution in [2.75, 3.05) is 20.2 Å². The lowest BCUT2D eigenvalue weighted by Crippen LogP contribution is -2.30. The molecule has 0 bridgehead atoms. The fraction of sp³-hybridized carbons (Fsp3) is 0.444. The zero-order valence-corrected chi connectivity index (χ0v) is 14.2. The molecule has 23 heavy (non-hydrogen) atoms. The van der Waals surface area contributed by atoms with Gasteiger partial charge in [-0.1, -0.05) is 11.6 Å². The summed E-state index contributed by atoms with van der Waals surface area (Å²) < 4.78 is 5.94. The third-order valence-corrected chi connectivity index (χ3v) is 4.77. The maximum atomic E-state index is 6.23. The molecule has 1 unspecified atom stereocenters. The maximum Gasteiger partial charge on any atom is 0.138 e. The Labute approximate surface area is 142 Å². The number of ether oxygens (including phenoxy) is 1. The van der Waals surface area contributed by atoms with Crippen molar-refractivity contribution in [1.29, 1.82) is 0 Å². The summed E-state index contributed by atoms with van der Waals surface area (Å²) >= 11 is 6.23. The highest BCUT2D eigenvalue weighted by molar-refractivity contribution is 6.30. The van der Waals surface area contributed by atoms with Crippen LogP contribution in [0.5, 0.6) is 5.75 Å². The summed E-state index contributed by atoms with van der Waals surface area (Å²) in [5.41, 5.74) is 2.27. The molecule has 5 heteroatoms. The second kappa shape index (κ2) is 7.75. The zero-order valence-electron chi connectivity index (χ0n) is 13.4. The van der Waals surface area contributed by atoms with Crippen LogP contribution in [-0.4, -0.2) is 41.1 Å². The van der Waals surface area contributed by atoms with E-state index in [4.69, 9.17) is 16.3 Å². The summed E-state index contributed by atoms with van der Waals surface area (Å²) in [5, 5.41) is 0.560. The molecule has 1 saturated heterocycles. The third-order valence-electron chi connectivity index (χ3n) is 4.43. The first kappa shape index (κ1) is 16.2. The van der Waals surface area contributed by atoms with Crippen LogP contribution in [0.3, 0.4) is 0 Å². The van der Waals surface area contributed by atoms with E-state index in [0.717, 1.165) is 30.7 Å². The minimum atomic E-state index is 0.506. The number of likely N-dealkylation sites (N-methyl/N-ethyl adjacent to an activating group) is 1. The highest BCUT2D eigenvalue weighted by atomic mass is 35.5. The summed E-state index contributed by atoms with van der Waals surface area (Å²) in [6.07, 6.45) is 9.55. The van der Waals surface area contributed by atoms with Gasteiger partial charge in [-0.25, -0.2) is 4.98 Å². The average molecular weight is 332 g/mol. The van der Waals surface area contributed by atoms with Crippen LogP contribution < -0.4 is 4.74 Å². The van der Waals surface area contributed by atoms with E-state index in [-0.39, 0.29) is 0 Å². The Morgan fingerprint density at radius 2 is 2.13 bits per heavy atom. The summed E-state index contributed by atoms with van der Waals surface area (Å²) in [4.78, 5) is 10.7. The van der Waals surface area contributed by atoms with Gasteiger partial charge < -0.3 is 9.64 Å². The highest BCUT2D eigenvalue weighted by Gasteiger charge is 2.21. The molecule has 1 aliphatic heterocycles. The fourth-order valence-corrected chi connectivity index (χ4v) is 3.13. The minimum absolute atomic E-state index is 0.506. The smallest absolute Gasteiger partial charge is 0.138 e. The van der Waals surface area contributed by atoms with Crippen LogP contribution in [0.2, 0.25) is 5.15 Å². The molecular formula is C18H22ClN3O. The molecule has 2 aromatic heterocycles. The van der Waals surface area contributed by atoms with E-state index in [1.165, 1.54) is 18.4 Å². The summed E-state index contributed by atoms with van der Waals surface area (Å²) in [7, 11) is 2.15. The predicted octanol–water partition coefficient (Wildman–Crippen LogP) is 3.39. The van der Waals surface area contributed by atoms with Gasteiger partial charge in [0.2, 0.25) is 0 Å². The Bertz CT molecular complexity index is 635. The van der Waals surface area contributed by atoms with Gasteiger partial charge in [0.25, 0.3) is 0 Å². The number of likely N-dealkylation sites (tertiary alicyclic amines) is 1. The largest absolute Gasteiger partial charge is 0.490 e. The van der Waals surface area contributed by atoms with Crippen molar-refractivity contribution in [3.63, 3.8) is 0 Å². The molecule has 0 aromatic carbocycles. The first-order chi connectivity index (χ1) is 11.2. The van der Waals surface area contributed by atoms with Gasteiger partial charge in [-0.3, -0.25) is 4.98 Å². The van der Waals surface area contributed by atoms with Crippen molar-refractivity contribution in [1.82, 2.24) is 14.9 Å². The highest BCUT2D eigenvalue weighted by Crippen LogP contribution is 2.22. The molecule has 0 amide bonds. The van der Waals surface area contributed by atoms with Gasteiger partial charge in [-0.2, -0.15) is 0 Å². The first-order valence-corrected chi connectivity index (χ1v) is 8.46. The molecule has 122 valence electrons. The SMILES string of the molecule is CN1CCCC1COc1cnc(Cl)c(CCc2ccncc2)c1. The van der Waals surface area contributed by atoms with Crippen LogP contribution in [0, 0.1) is 0 Å². The number of aromatic nitrogens is 2. The van der Waals surface area contributed by atoms with Crippen molar-refractivity contribution in [3.05, 3.63) is 53.1 Å². The lowest BCUT2D eigenvalue weighted by molar-refractivity contribution is 0.197. The van der Waals surface area contributed by atoms with Crippen LogP contribution >= 0.6 is 11.6 Å². The zero-order chi connectivity index (χ0) is 16.1.